The van der Waals surface area contributed by atoms with Gasteiger partial charge in [0.1, 0.15) is 0 Å². The molecule has 6 heteroatoms. The van der Waals surface area contributed by atoms with E-state index in [2.05, 4.69) is 22.4 Å². The molecule has 0 fully saturated rings. The van der Waals surface area contributed by atoms with Crippen LogP contribution in [0.25, 0.3) is 22.2 Å². The van der Waals surface area contributed by atoms with E-state index in [0.717, 1.165) is 22.0 Å². The molecule has 1 aromatic heterocycles. The van der Waals surface area contributed by atoms with Crippen LogP contribution in [0.5, 0.6) is 0 Å². The Morgan fingerprint density at radius 1 is 1.00 bits per heavy atom. The van der Waals surface area contributed by atoms with Gasteiger partial charge in [-0.1, -0.05) is 54.2 Å². The number of aromatic nitrogens is 2. The zero-order valence-corrected chi connectivity index (χ0v) is 16.4. The fourth-order valence-corrected chi connectivity index (χ4v) is 3.47. The number of anilines is 1. The maximum Gasteiger partial charge on any atom is 0.277 e. The quantitative estimate of drug-likeness (QED) is 0.473. The third kappa shape index (κ3) is 3.92. The van der Waals surface area contributed by atoms with Gasteiger partial charge in [0.15, 0.2) is 0 Å². The van der Waals surface area contributed by atoms with Crippen molar-refractivity contribution in [3.63, 3.8) is 0 Å². The number of thioether (sulfide) groups is 1. The summed E-state index contributed by atoms with van der Waals surface area (Å²) in [6.07, 6.45) is 0. The topological polar surface area (TPSA) is 68.0 Å². The minimum Gasteiger partial charge on any atom is -0.411 e. The Balaban J connectivity index is 1.41. The molecule has 3 aromatic carbocycles. The fourth-order valence-electron chi connectivity index (χ4n) is 2.91. The molecule has 140 valence electrons. The lowest BCUT2D eigenvalue weighted by molar-refractivity contribution is -0.113. The summed E-state index contributed by atoms with van der Waals surface area (Å²) in [5.74, 6) is 0.532. The molecule has 1 N–H and O–H groups in total. The number of rotatable bonds is 5. The number of fused-ring (bicyclic) bond motifs is 1. The summed E-state index contributed by atoms with van der Waals surface area (Å²) in [5, 5.41) is 13.6. The third-order valence-corrected chi connectivity index (χ3v) is 5.37. The van der Waals surface area contributed by atoms with Crippen LogP contribution in [0.15, 0.2) is 70.3 Å². The Labute approximate surface area is 167 Å². The standard InChI is InChI=1S/C22H19N3O2S/c1-14-10-11-17(12-15(14)2)21-24-25-22(27-21)28-13-20(26)23-19-9-5-7-16-6-3-4-8-18(16)19/h3-12H,13H2,1-2H3,(H,23,26). The van der Waals surface area contributed by atoms with Crippen LogP contribution in [0, 0.1) is 13.8 Å². The highest BCUT2D eigenvalue weighted by Gasteiger charge is 2.12. The van der Waals surface area contributed by atoms with Crippen molar-refractivity contribution < 1.29 is 9.21 Å². The van der Waals surface area contributed by atoms with Crippen molar-refractivity contribution >= 4 is 34.1 Å². The number of aryl methyl sites for hydroxylation is 2. The van der Waals surface area contributed by atoms with E-state index >= 15 is 0 Å². The SMILES string of the molecule is Cc1ccc(-c2nnc(SCC(=O)Nc3cccc4ccccc34)o2)cc1C. The maximum atomic E-state index is 12.4. The van der Waals surface area contributed by atoms with Crippen LogP contribution in [0.4, 0.5) is 5.69 Å². The van der Waals surface area contributed by atoms with E-state index in [1.807, 2.05) is 67.6 Å². The van der Waals surface area contributed by atoms with Crippen LogP contribution < -0.4 is 5.32 Å². The van der Waals surface area contributed by atoms with Gasteiger partial charge in [-0.3, -0.25) is 4.79 Å². The summed E-state index contributed by atoms with van der Waals surface area (Å²) in [5.41, 5.74) is 4.05. The highest BCUT2D eigenvalue weighted by Crippen LogP contribution is 2.26. The van der Waals surface area contributed by atoms with Gasteiger partial charge in [0, 0.05) is 16.6 Å². The normalized spacial score (nSPS) is 10.9. The second kappa shape index (κ2) is 7.86. The average Bonchev–Trinajstić information content (AvgIpc) is 3.18. The number of nitrogens with one attached hydrogen (secondary N) is 1. The molecular formula is C22H19N3O2S. The molecule has 4 aromatic rings. The van der Waals surface area contributed by atoms with Gasteiger partial charge >= 0.3 is 0 Å². The monoisotopic (exact) mass is 389 g/mol. The summed E-state index contributed by atoms with van der Waals surface area (Å²) >= 11 is 1.22. The molecule has 0 aliphatic rings. The summed E-state index contributed by atoms with van der Waals surface area (Å²) < 4.78 is 5.70. The van der Waals surface area contributed by atoms with Gasteiger partial charge in [0.2, 0.25) is 11.8 Å². The molecule has 0 atom stereocenters. The van der Waals surface area contributed by atoms with Crippen molar-refractivity contribution in [3.8, 4) is 11.5 Å². The van der Waals surface area contributed by atoms with Crippen LogP contribution in [-0.4, -0.2) is 21.9 Å². The molecule has 4 rings (SSSR count). The van der Waals surface area contributed by atoms with Gasteiger partial charge in [0.05, 0.1) is 5.75 Å². The van der Waals surface area contributed by atoms with E-state index in [4.69, 9.17) is 4.42 Å². The molecule has 1 heterocycles. The number of benzene rings is 3. The first kappa shape index (κ1) is 18.3. The summed E-state index contributed by atoms with van der Waals surface area (Å²) in [4.78, 5) is 12.4. The van der Waals surface area contributed by atoms with E-state index in [0.29, 0.717) is 11.1 Å². The van der Waals surface area contributed by atoms with Gasteiger partial charge in [-0.15, -0.1) is 10.2 Å². The van der Waals surface area contributed by atoms with Gasteiger partial charge < -0.3 is 9.73 Å². The molecule has 0 aliphatic heterocycles. The first-order valence-electron chi connectivity index (χ1n) is 8.92. The van der Waals surface area contributed by atoms with E-state index in [1.54, 1.807) is 0 Å². The van der Waals surface area contributed by atoms with E-state index < -0.39 is 0 Å². The number of carbonyl (C=O) groups excluding carboxylic acids is 1. The zero-order chi connectivity index (χ0) is 19.5. The van der Waals surface area contributed by atoms with E-state index in [-0.39, 0.29) is 11.7 Å². The van der Waals surface area contributed by atoms with Crippen molar-refractivity contribution in [2.75, 3.05) is 11.1 Å². The molecule has 0 radical (unpaired) electrons. The van der Waals surface area contributed by atoms with Crippen molar-refractivity contribution in [2.24, 2.45) is 0 Å². The lowest BCUT2D eigenvalue weighted by Gasteiger charge is -2.07. The van der Waals surface area contributed by atoms with Crippen molar-refractivity contribution in [2.45, 2.75) is 19.1 Å². The first-order chi connectivity index (χ1) is 13.6. The molecule has 0 saturated carbocycles. The molecule has 5 nitrogen and oxygen atoms in total. The summed E-state index contributed by atoms with van der Waals surface area (Å²) in [6.45, 7) is 4.10. The van der Waals surface area contributed by atoms with Gasteiger partial charge in [-0.05, 0) is 48.6 Å². The maximum absolute atomic E-state index is 12.4. The molecule has 0 spiro atoms. The molecule has 0 bridgehead atoms. The largest absolute Gasteiger partial charge is 0.411 e. The van der Waals surface area contributed by atoms with E-state index in [9.17, 15) is 4.79 Å². The Hall–Kier alpha value is -3.12. The van der Waals surface area contributed by atoms with Crippen LogP contribution in [0.1, 0.15) is 11.1 Å². The molecule has 28 heavy (non-hydrogen) atoms. The predicted molar refractivity (Wildman–Crippen MR) is 113 cm³/mol. The highest BCUT2D eigenvalue weighted by molar-refractivity contribution is 7.99. The second-order valence-corrected chi connectivity index (χ2v) is 7.46. The Kier molecular flexibility index (Phi) is 5.12. The minimum absolute atomic E-state index is 0.118. The fraction of sp³-hybridized carbons (Fsp3) is 0.136. The molecule has 1 amide bonds. The lowest BCUT2D eigenvalue weighted by Crippen LogP contribution is -2.14. The Bertz CT molecular complexity index is 1150. The molecule has 0 saturated heterocycles. The first-order valence-corrected chi connectivity index (χ1v) is 9.90. The average molecular weight is 389 g/mol. The van der Waals surface area contributed by atoms with Gasteiger partial charge in [-0.2, -0.15) is 0 Å². The minimum atomic E-state index is -0.118. The number of amides is 1. The Morgan fingerprint density at radius 3 is 2.68 bits per heavy atom. The van der Waals surface area contributed by atoms with Crippen molar-refractivity contribution in [1.82, 2.24) is 10.2 Å². The van der Waals surface area contributed by atoms with Crippen molar-refractivity contribution in [3.05, 3.63) is 71.8 Å². The predicted octanol–water partition coefficient (Wildman–Crippen LogP) is 5.24. The van der Waals surface area contributed by atoms with Crippen LogP contribution in [0.2, 0.25) is 0 Å². The van der Waals surface area contributed by atoms with Crippen LogP contribution in [-0.2, 0) is 4.79 Å². The number of nitrogens with zero attached hydrogens (tertiary/aromatic N) is 2. The van der Waals surface area contributed by atoms with Crippen LogP contribution in [0.3, 0.4) is 0 Å². The van der Waals surface area contributed by atoms with Crippen LogP contribution >= 0.6 is 11.8 Å². The third-order valence-electron chi connectivity index (χ3n) is 4.55. The molecule has 0 unspecified atom stereocenters. The van der Waals surface area contributed by atoms with Crippen molar-refractivity contribution in [1.29, 1.82) is 0 Å². The second-order valence-electron chi connectivity index (χ2n) is 6.54. The molecular weight excluding hydrogens is 370 g/mol. The summed E-state index contributed by atoms with van der Waals surface area (Å²) in [6, 6.07) is 19.8. The smallest absolute Gasteiger partial charge is 0.277 e. The van der Waals surface area contributed by atoms with E-state index in [1.165, 1.54) is 22.9 Å². The number of carbonyl (C=O) groups is 1. The van der Waals surface area contributed by atoms with Gasteiger partial charge in [0.25, 0.3) is 5.22 Å². The number of hydrogen-bond acceptors (Lipinski definition) is 5. The highest BCUT2D eigenvalue weighted by atomic mass is 32.2. The summed E-state index contributed by atoms with van der Waals surface area (Å²) in [7, 11) is 0. The number of hydrogen-bond donors (Lipinski definition) is 1. The zero-order valence-electron chi connectivity index (χ0n) is 15.6. The Morgan fingerprint density at radius 2 is 1.82 bits per heavy atom. The molecule has 0 aliphatic carbocycles. The lowest BCUT2D eigenvalue weighted by atomic mass is 10.1. The van der Waals surface area contributed by atoms with Gasteiger partial charge in [-0.25, -0.2) is 0 Å².